The van der Waals surface area contributed by atoms with Gasteiger partial charge in [0, 0.05) is 6.04 Å². The lowest BCUT2D eigenvalue weighted by atomic mass is 9.48. The maximum Gasteiger partial charge on any atom is 0.228 e. The molecule has 4 aliphatic rings. The molecule has 2 nitrogen and oxygen atoms in total. The molecule has 1 amide bonds. The molecule has 25 heavy (non-hydrogen) atoms. The molecule has 2 atom stereocenters. The van der Waals surface area contributed by atoms with E-state index in [1.54, 1.807) is 0 Å². The summed E-state index contributed by atoms with van der Waals surface area (Å²) in [6, 6.07) is 10.6. The highest BCUT2D eigenvalue weighted by Gasteiger charge is 2.53. The second kappa shape index (κ2) is 6.45. The molecule has 136 valence electrons. The average Bonchev–Trinajstić information content (AvgIpc) is 2.54. The van der Waals surface area contributed by atoms with Crippen LogP contribution in [0.5, 0.6) is 0 Å². The van der Waals surface area contributed by atoms with Crippen LogP contribution in [0.3, 0.4) is 0 Å². The normalized spacial score (nSPS) is 35.6. The summed E-state index contributed by atoms with van der Waals surface area (Å²) in [5.74, 6) is 3.29. The number of amides is 1. The van der Waals surface area contributed by atoms with Gasteiger partial charge in [0.1, 0.15) is 0 Å². The van der Waals surface area contributed by atoms with Gasteiger partial charge in [-0.25, -0.2) is 0 Å². The molecule has 4 aliphatic carbocycles. The van der Waals surface area contributed by atoms with Crippen LogP contribution in [0.25, 0.3) is 0 Å². The number of nitrogens with one attached hydrogen (secondary N) is 1. The van der Waals surface area contributed by atoms with E-state index in [2.05, 4.69) is 38.2 Å². The summed E-state index contributed by atoms with van der Waals surface area (Å²) in [5, 5.41) is 3.48. The monoisotopic (exact) mass is 339 g/mol. The van der Waals surface area contributed by atoms with Crippen molar-refractivity contribution in [1.29, 1.82) is 0 Å². The Morgan fingerprint density at radius 3 is 1.96 bits per heavy atom. The predicted molar refractivity (Wildman–Crippen MR) is 102 cm³/mol. The third kappa shape index (κ3) is 3.13. The van der Waals surface area contributed by atoms with Crippen molar-refractivity contribution >= 4 is 5.91 Å². The van der Waals surface area contributed by atoms with Crippen LogP contribution in [0.1, 0.15) is 70.8 Å². The minimum absolute atomic E-state index is 0.0439. The van der Waals surface area contributed by atoms with E-state index in [9.17, 15) is 4.79 Å². The SMILES string of the molecule is CC(C)[C@H](C(=O)N[C@@H](C)C12CC3CC(CC(C3)C1)C2)c1ccccc1. The topological polar surface area (TPSA) is 29.1 Å². The van der Waals surface area contributed by atoms with E-state index in [4.69, 9.17) is 0 Å². The first kappa shape index (κ1) is 17.1. The Kier molecular flexibility index (Phi) is 4.42. The molecule has 4 fully saturated rings. The molecule has 0 saturated heterocycles. The first-order chi connectivity index (χ1) is 12.0. The number of hydrogen-bond donors (Lipinski definition) is 1. The van der Waals surface area contributed by atoms with Gasteiger partial charge in [-0.2, -0.15) is 0 Å². The number of benzene rings is 1. The van der Waals surface area contributed by atoms with Gasteiger partial charge in [0.15, 0.2) is 0 Å². The minimum atomic E-state index is -0.0439. The molecule has 5 rings (SSSR count). The zero-order chi connectivity index (χ0) is 17.6. The number of rotatable bonds is 5. The highest BCUT2D eigenvalue weighted by molar-refractivity contribution is 5.84. The van der Waals surface area contributed by atoms with Gasteiger partial charge in [-0.05, 0) is 80.1 Å². The van der Waals surface area contributed by atoms with Gasteiger partial charge < -0.3 is 5.32 Å². The Morgan fingerprint density at radius 2 is 1.48 bits per heavy atom. The summed E-state index contributed by atoms with van der Waals surface area (Å²) in [4.78, 5) is 13.2. The second-order valence-electron chi connectivity index (χ2n) is 9.64. The lowest BCUT2D eigenvalue weighted by Gasteiger charge is -2.59. The summed E-state index contributed by atoms with van der Waals surface area (Å²) in [6.45, 7) is 6.60. The highest BCUT2D eigenvalue weighted by Crippen LogP contribution is 2.61. The van der Waals surface area contributed by atoms with Crippen LogP contribution in [0.2, 0.25) is 0 Å². The van der Waals surface area contributed by atoms with Crippen molar-refractivity contribution in [2.45, 2.75) is 71.3 Å². The lowest BCUT2D eigenvalue weighted by Crippen LogP contribution is -2.56. The molecule has 4 bridgehead atoms. The maximum atomic E-state index is 13.2. The third-order valence-corrected chi connectivity index (χ3v) is 7.47. The summed E-state index contributed by atoms with van der Waals surface area (Å²) in [7, 11) is 0. The number of hydrogen-bond acceptors (Lipinski definition) is 1. The smallest absolute Gasteiger partial charge is 0.228 e. The van der Waals surface area contributed by atoms with Gasteiger partial charge in [-0.15, -0.1) is 0 Å². The maximum absolute atomic E-state index is 13.2. The molecule has 0 aliphatic heterocycles. The second-order valence-corrected chi connectivity index (χ2v) is 9.64. The van der Waals surface area contributed by atoms with Gasteiger partial charge in [-0.1, -0.05) is 44.2 Å². The lowest BCUT2D eigenvalue weighted by molar-refractivity contribution is -0.128. The van der Waals surface area contributed by atoms with E-state index in [0.29, 0.717) is 17.4 Å². The molecule has 0 radical (unpaired) electrons. The number of carbonyl (C=O) groups excluding carboxylic acids is 1. The van der Waals surface area contributed by atoms with Crippen molar-refractivity contribution in [2.75, 3.05) is 0 Å². The van der Waals surface area contributed by atoms with Crippen molar-refractivity contribution in [3.63, 3.8) is 0 Å². The molecular formula is C23H33NO. The van der Waals surface area contributed by atoms with E-state index in [0.717, 1.165) is 23.3 Å². The Balaban J connectivity index is 1.50. The van der Waals surface area contributed by atoms with Gasteiger partial charge in [0.05, 0.1) is 5.92 Å². The zero-order valence-corrected chi connectivity index (χ0v) is 16.0. The summed E-state index contributed by atoms with van der Waals surface area (Å²) in [5.41, 5.74) is 1.52. The molecule has 0 spiro atoms. The Morgan fingerprint density at radius 1 is 0.960 bits per heavy atom. The van der Waals surface area contributed by atoms with E-state index in [1.807, 2.05) is 18.2 Å². The first-order valence-corrected chi connectivity index (χ1v) is 10.3. The fraction of sp³-hybridized carbons (Fsp3) is 0.696. The van der Waals surface area contributed by atoms with Gasteiger partial charge in [0.2, 0.25) is 5.91 Å². The molecule has 0 aromatic heterocycles. The van der Waals surface area contributed by atoms with Crippen molar-refractivity contribution in [2.24, 2.45) is 29.1 Å². The molecule has 4 saturated carbocycles. The van der Waals surface area contributed by atoms with Crippen LogP contribution in [0, 0.1) is 29.1 Å². The fourth-order valence-electron chi connectivity index (χ4n) is 6.66. The molecule has 1 aromatic carbocycles. The van der Waals surface area contributed by atoms with Crippen LogP contribution in [0.15, 0.2) is 30.3 Å². The molecule has 1 N–H and O–H groups in total. The van der Waals surface area contributed by atoms with Crippen LogP contribution < -0.4 is 5.32 Å². The van der Waals surface area contributed by atoms with Gasteiger partial charge in [-0.3, -0.25) is 4.79 Å². The van der Waals surface area contributed by atoms with Crippen molar-refractivity contribution in [1.82, 2.24) is 5.32 Å². The van der Waals surface area contributed by atoms with Gasteiger partial charge >= 0.3 is 0 Å². The Hall–Kier alpha value is -1.31. The molecule has 1 aromatic rings. The van der Waals surface area contributed by atoms with Gasteiger partial charge in [0.25, 0.3) is 0 Å². The van der Waals surface area contributed by atoms with Crippen LogP contribution >= 0.6 is 0 Å². The molecule has 0 unspecified atom stereocenters. The fourth-order valence-corrected chi connectivity index (χ4v) is 6.66. The summed E-state index contributed by atoms with van der Waals surface area (Å²) < 4.78 is 0. The number of carbonyl (C=O) groups is 1. The Bertz CT molecular complexity index is 585. The quantitative estimate of drug-likeness (QED) is 0.790. The average molecular weight is 340 g/mol. The zero-order valence-electron chi connectivity index (χ0n) is 16.0. The first-order valence-electron chi connectivity index (χ1n) is 10.3. The Labute approximate surface area is 152 Å². The van der Waals surface area contributed by atoms with Crippen LogP contribution in [-0.4, -0.2) is 11.9 Å². The van der Waals surface area contributed by atoms with E-state index < -0.39 is 0 Å². The molecule has 0 heterocycles. The minimum Gasteiger partial charge on any atom is -0.353 e. The summed E-state index contributed by atoms with van der Waals surface area (Å²) >= 11 is 0. The van der Waals surface area contributed by atoms with E-state index in [-0.39, 0.29) is 11.8 Å². The standard InChI is InChI=1S/C23H33NO/c1-15(2)21(20-7-5-4-6-8-20)22(25)24-16(3)23-12-17-9-18(13-23)11-19(10-17)14-23/h4-8,15-19,21H,9-14H2,1-3H3,(H,24,25)/t16-,17?,18?,19?,21-,23?/m0/s1. The van der Waals surface area contributed by atoms with E-state index in [1.165, 1.54) is 38.5 Å². The third-order valence-electron chi connectivity index (χ3n) is 7.47. The predicted octanol–water partition coefficient (Wildman–Crippen LogP) is 5.15. The van der Waals surface area contributed by atoms with E-state index >= 15 is 0 Å². The van der Waals surface area contributed by atoms with Crippen molar-refractivity contribution in [3.8, 4) is 0 Å². The van der Waals surface area contributed by atoms with Crippen LogP contribution in [0.4, 0.5) is 0 Å². The van der Waals surface area contributed by atoms with Crippen molar-refractivity contribution < 1.29 is 4.79 Å². The van der Waals surface area contributed by atoms with Crippen molar-refractivity contribution in [3.05, 3.63) is 35.9 Å². The summed E-state index contributed by atoms with van der Waals surface area (Å²) in [6.07, 6.45) is 8.41. The highest BCUT2D eigenvalue weighted by atomic mass is 16.2. The molecular weight excluding hydrogens is 306 g/mol. The molecule has 2 heteroatoms. The van der Waals surface area contributed by atoms with Crippen LogP contribution in [-0.2, 0) is 4.79 Å². The largest absolute Gasteiger partial charge is 0.353 e.